The van der Waals surface area contributed by atoms with E-state index in [1.54, 1.807) is 35.2 Å². The molecule has 1 fully saturated rings. The van der Waals surface area contributed by atoms with Crippen molar-refractivity contribution in [2.45, 2.75) is 31.3 Å². The Kier molecular flexibility index (Phi) is 6.12. The van der Waals surface area contributed by atoms with Gasteiger partial charge in [-0.3, -0.25) is 14.4 Å². The van der Waals surface area contributed by atoms with Crippen LogP contribution in [0, 0.1) is 0 Å². The number of amides is 3. The molecule has 0 spiro atoms. The fourth-order valence-electron chi connectivity index (χ4n) is 4.94. The van der Waals surface area contributed by atoms with Crippen molar-refractivity contribution < 1.29 is 19.1 Å². The number of halogens is 2. The normalized spacial score (nSPS) is 21.9. The Morgan fingerprint density at radius 2 is 1.82 bits per heavy atom. The quantitative estimate of drug-likeness (QED) is 0.652. The highest BCUT2D eigenvalue weighted by atomic mass is 35.5. The Hall–Kier alpha value is -3.03. The van der Waals surface area contributed by atoms with Crippen LogP contribution in [0.5, 0.6) is 0 Å². The molecule has 4 rings (SSSR count). The lowest BCUT2D eigenvalue weighted by molar-refractivity contribution is -0.127. The molecule has 2 aromatic carbocycles. The van der Waals surface area contributed by atoms with Crippen molar-refractivity contribution in [1.82, 2.24) is 10.2 Å². The van der Waals surface area contributed by atoms with Gasteiger partial charge in [-0.1, -0.05) is 35.3 Å². The molecule has 0 unspecified atom stereocenters. The number of carbonyl (C=O) groups is 3. The number of hydrogen-bond acceptors (Lipinski definition) is 4. The summed E-state index contributed by atoms with van der Waals surface area (Å²) in [4.78, 5) is 38.6. The van der Waals surface area contributed by atoms with E-state index in [4.69, 9.17) is 33.7 Å². The number of fused-ring (bicyclic) bond motifs is 1. The maximum absolute atomic E-state index is 13.7. The van der Waals surface area contributed by atoms with Crippen LogP contribution in [-0.4, -0.2) is 47.9 Å². The third-order valence-corrected chi connectivity index (χ3v) is 6.55. The Morgan fingerprint density at radius 1 is 1.18 bits per heavy atom. The molecule has 2 heterocycles. The summed E-state index contributed by atoms with van der Waals surface area (Å²) in [7, 11) is 1.53. The number of nitrogens with two attached hydrogens (primary N) is 1. The molecule has 9 heteroatoms. The zero-order valence-electron chi connectivity index (χ0n) is 18.2. The van der Waals surface area contributed by atoms with E-state index in [-0.39, 0.29) is 17.9 Å². The van der Waals surface area contributed by atoms with Gasteiger partial charge in [-0.25, -0.2) is 0 Å². The Bertz CT molecular complexity index is 1160. The first-order chi connectivity index (χ1) is 15.6. The summed E-state index contributed by atoms with van der Waals surface area (Å²) >= 11 is 12.4. The molecule has 0 bridgehead atoms. The highest BCUT2D eigenvalue weighted by Gasteiger charge is 2.58. The molecule has 0 aromatic heterocycles. The summed E-state index contributed by atoms with van der Waals surface area (Å²) in [5.41, 5.74) is 6.80. The molecular weight excluding hydrogens is 465 g/mol. The lowest BCUT2D eigenvalue weighted by atomic mass is 9.85. The maximum Gasteiger partial charge on any atom is 0.258 e. The summed E-state index contributed by atoms with van der Waals surface area (Å²) in [5, 5.41) is 3.75. The molecule has 7 nitrogen and oxygen atoms in total. The van der Waals surface area contributed by atoms with Crippen molar-refractivity contribution in [3.05, 3.63) is 75.0 Å². The van der Waals surface area contributed by atoms with Crippen molar-refractivity contribution in [1.29, 1.82) is 0 Å². The number of nitrogens with zero attached hydrogens (tertiary/aromatic N) is 1. The number of benzene rings is 2. The van der Waals surface area contributed by atoms with Crippen LogP contribution in [0.2, 0.25) is 10.0 Å². The smallest absolute Gasteiger partial charge is 0.258 e. The minimum atomic E-state index is -0.822. The van der Waals surface area contributed by atoms with E-state index in [1.807, 2.05) is 12.1 Å². The predicted octanol–water partition coefficient (Wildman–Crippen LogP) is 3.18. The van der Waals surface area contributed by atoms with Crippen molar-refractivity contribution >= 4 is 46.5 Å². The largest absolute Gasteiger partial charge is 0.498 e. The van der Waals surface area contributed by atoms with Crippen molar-refractivity contribution in [3.8, 4) is 0 Å². The lowest BCUT2D eigenvalue weighted by Gasteiger charge is -2.34. The van der Waals surface area contributed by atoms with Gasteiger partial charge in [0.1, 0.15) is 11.3 Å². The average Bonchev–Trinajstić information content (AvgIpc) is 3.18. The van der Waals surface area contributed by atoms with Crippen LogP contribution in [0.15, 0.2) is 48.2 Å². The predicted molar refractivity (Wildman–Crippen MR) is 126 cm³/mol. The topological polar surface area (TPSA) is 102 Å². The minimum absolute atomic E-state index is 0.167. The SMILES string of the molecule is COC1=C(c2cc(Cl)cc(Cl)c2)C(=O)N2C[C@@H](NC(C)=O)C[C@@]12Cc1ccc(C(N)=O)cc1. The molecule has 2 atom stereocenters. The zero-order chi connectivity index (χ0) is 23.9. The monoisotopic (exact) mass is 487 g/mol. The van der Waals surface area contributed by atoms with Gasteiger partial charge < -0.3 is 20.7 Å². The first kappa shape index (κ1) is 23.1. The van der Waals surface area contributed by atoms with Gasteiger partial charge in [0.15, 0.2) is 0 Å². The highest BCUT2D eigenvalue weighted by molar-refractivity contribution is 6.35. The van der Waals surface area contributed by atoms with E-state index in [0.29, 0.717) is 51.9 Å². The van der Waals surface area contributed by atoms with Crippen LogP contribution in [0.25, 0.3) is 5.57 Å². The van der Waals surface area contributed by atoms with E-state index < -0.39 is 11.4 Å². The van der Waals surface area contributed by atoms with Gasteiger partial charge in [0, 0.05) is 48.0 Å². The minimum Gasteiger partial charge on any atom is -0.498 e. The van der Waals surface area contributed by atoms with Gasteiger partial charge in [0.2, 0.25) is 11.8 Å². The molecule has 2 aliphatic heterocycles. The van der Waals surface area contributed by atoms with Gasteiger partial charge >= 0.3 is 0 Å². The third kappa shape index (κ3) is 4.18. The highest BCUT2D eigenvalue weighted by Crippen LogP contribution is 2.49. The number of nitrogens with one attached hydrogen (secondary N) is 1. The molecule has 3 N–H and O–H groups in total. The Balaban J connectivity index is 1.83. The Morgan fingerprint density at radius 3 is 2.36 bits per heavy atom. The molecule has 2 aliphatic rings. The second-order valence-electron chi connectivity index (χ2n) is 8.35. The summed E-state index contributed by atoms with van der Waals surface area (Å²) in [5.74, 6) is -0.398. The zero-order valence-corrected chi connectivity index (χ0v) is 19.7. The number of hydrogen-bond donors (Lipinski definition) is 2. The molecule has 2 aromatic rings. The van der Waals surface area contributed by atoms with Gasteiger partial charge in [0.25, 0.3) is 5.91 Å². The molecule has 0 aliphatic carbocycles. The molecule has 3 amide bonds. The molecule has 0 radical (unpaired) electrons. The van der Waals surface area contributed by atoms with Gasteiger partial charge in [0.05, 0.1) is 12.7 Å². The fourth-order valence-corrected chi connectivity index (χ4v) is 5.46. The van der Waals surface area contributed by atoms with Crippen LogP contribution in [0.1, 0.15) is 34.8 Å². The number of methoxy groups -OCH3 is 1. The lowest BCUT2D eigenvalue weighted by Crippen LogP contribution is -2.45. The number of rotatable bonds is 6. The van der Waals surface area contributed by atoms with E-state index in [1.165, 1.54) is 14.0 Å². The van der Waals surface area contributed by atoms with Crippen molar-refractivity contribution in [2.24, 2.45) is 5.73 Å². The Labute approximate surface area is 201 Å². The van der Waals surface area contributed by atoms with Crippen LogP contribution in [0.3, 0.4) is 0 Å². The molecular formula is C24H23Cl2N3O4. The van der Waals surface area contributed by atoms with Crippen LogP contribution in [0.4, 0.5) is 0 Å². The van der Waals surface area contributed by atoms with Gasteiger partial charge in [-0.05, 0) is 41.5 Å². The standard InChI is InChI=1S/C24H23Cl2N3O4/c1-13(30)28-19-11-24(10-14-3-5-15(6-4-14)22(27)31)21(33-2)20(23(32)29(24)12-19)16-7-17(25)9-18(26)8-16/h3-9,19H,10-12H2,1-2H3,(H2,27,31)(H,28,30)/t19-,24-/m0/s1. The van der Waals surface area contributed by atoms with Gasteiger partial charge in [-0.2, -0.15) is 0 Å². The summed E-state index contributed by atoms with van der Waals surface area (Å²) in [6.07, 6.45) is 0.895. The van der Waals surface area contributed by atoms with Crippen molar-refractivity contribution in [2.75, 3.05) is 13.7 Å². The van der Waals surface area contributed by atoms with Crippen LogP contribution >= 0.6 is 23.2 Å². The van der Waals surface area contributed by atoms with E-state index in [9.17, 15) is 14.4 Å². The first-order valence-corrected chi connectivity index (χ1v) is 11.1. The van der Waals surface area contributed by atoms with E-state index in [0.717, 1.165) is 5.56 Å². The molecule has 172 valence electrons. The summed E-state index contributed by atoms with van der Waals surface area (Å²) in [6, 6.07) is 11.7. The summed E-state index contributed by atoms with van der Waals surface area (Å²) < 4.78 is 5.88. The number of carbonyl (C=O) groups excluding carboxylic acids is 3. The van der Waals surface area contributed by atoms with Crippen LogP contribution < -0.4 is 11.1 Å². The second kappa shape index (κ2) is 8.72. The maximum atomic E-state index is 13.7. The molecule has 33 heavy (non-hydrogen) atoms. The average molecular weight is 488 g/mol. The number of ether oxygens (including phenoxy) is 1. The number of primary amides is 1. The molecule has 0 saturated carbocycles. The van der Waals surface area contributed by atoms with Gasteiger partial charge in [-0.15, -0.1) is 0 Å². The third-order valence-electron chi connectivity index (χ3n) is 6.11. The van der Waals surface area contributed by atoms with Crippen molar-refractivity contribution in [3.63, 3.8) is 0 Å². The van der Waals surface area contributed by atoms with E-state index in [2.05, 4.69) is 5.32 Å². The fraction of sp³-hybridized carbons (Fsp3) is 0.292. The first-order valence-electron chi connectivity index (χ1n) is 10.4. The summed E-state index contributed by atoms with van der Waals surface area (Å²) in [6.45, 7) is 1.79. The second-order valence-corrected chi connectivity index (χ2v) is 9.23. The van der Waals surface area contributed by atoms with Crippen LogP contribution in [-0.2, 0) is 20.7 Å². The van der Waals surface area contributed by atoms with E-state index >= 15 is 0 Å². The molecule has 1 saturated heterocycles.